The van der Waals surface area contributed by atoms with Crippen LogP contribution in [0, 0.1) is 0 Å². The Hall–Kier alpha value is -1.30. The lowest BCUT2D eigenvalue weighted by Crippen LogP contribution is -3.00. The predicted octanol–water partition coefficient (Wildman–Crippen LogP) is 4.32. The number of rotatable bonds is 4. The van der Waals surface area contributed by atoms with E-state index in [-0.39, 0.29) is 48.0 Å². The summed E-state index contributed by atoms with van der Waals surface area (Å²) in [4.78, 5) is 2.66. The quantitative estimate of drug-likeness (QED) is 0.187. The van der Waals surface area contributed by atoms with Gasteiger partial charge in [0.15, 0.2) is 9.75 Å². The van der Waals surface area contributed by atoms with Gasteiger partial charge in [0.05, 0.1) is 45.3 Å². The first-order valence-electron chi connectivity index (χ1n) is 10.3. The van der Waals surface area contributed by atoms with Crippen LogP contribution in [0.5, 0.6) is 0 Å². The number of halogens is 2. The summed E-state index contributed by atoms with van der Waals surface area (Å²) in [6, 6.07) is 35.0. The van der Waals surface area contributed by atoms with Crippen molar-refractivity contribution in [3.8, 4) is 40.4 Å². The van der Waals surface area contributed by atoms with Crippen molar-refractivity contribution in [3.63, 3.8) is 0 Å². The van der Waals surface area contributed by atoms with Crippen LogP contribution in [0.25, 0.3) is 51.2 Å². The number of hydrogen-bond acceptors (Lipinski definition) is 2. The molecule has 0 aliphatic rings. The fourth-order valence-electron chi connectivity index (χ4n) is 3.72. The fraction of sp³-hybridized carbons (Fsp3) is 0. The zero-order valence-electron chi connectivity index (χ0n) is 17.8. The number of fused-ring (bicyclic) bond motifs is 1. The Morgan fingerprint density at radius 3 is 1.26 bits per heavy atom. The van der Waals surface area contributed by atoms with E-state index in [2.05, 4.69) is 108 Å². The van der Waals surface area contributed by atoms with Gasteiger partial charge in [0, 0.05) is 22.3 Å². The summed E-state index contributed by atoms with van der Waals surface area (Å²) in [6.07, 6.45) is 0. The van der Waals surface area contributed by atoms with E-state index in [9.17, 15) is 0 Å². The standard InChI is InChI=1S/C28H18S4.2HI/c1-3-7-19(8-4-1)25-17-29-27(31-25)23-13-11-22-16-24(14-12-21(22)15-23)28-30-18-26(32-28)20-9-5-2-6-10-20;;/h1-18H;2*1H/q+2;;/p-2. The molecule has 0 spiro atoms. The van der Waals surface area contributed by atoms with Crippen LogP contribution < -0.4 is 48.0 Å². The Morgan fingerprint density at radius 2 is 0.853 bits per heavy atom. The average molecular weight is 737 g/mol. The molecular weight excluding hydrogens is 718 g/mol. The monoisotopic (exact) mass is 736 g/mol. The van der Waals surface area contributed by atoms with Crippen molar-refractivity contribution in [2.45, 2.75) is 0 Å². The first-order valence-corrected chi connectivity index (χ1v) is 13.7. The SMILES string of the molecule is [I-].[I-].c1ccc(-c2c[s+]c(-c3ccc4cc(-c5sc(-c6ccccc6)c[s+]5)ccc4c3)s2)cc1. The minimum absolute atomic E-state index is 0. The molecule has 0 aliphatic heterocycles. The molecule has 0 saturated carbocycles. The van der Waals surface area contributed by atoms with Gasteiger partial charge >= 0.3 is 0 Å². The Bertz CT molecular complexity index is 1410. The van der Waals surface area contributed by atoms with E-state index < -0.39 is 0 Å². The second-order valence-electron chi connectivity index (χ2n) is 7.49. The van der Waals surface area contributed by atoms with Crippen LogP contribution in [-0.4, -0.2) is 0 Å². The van der Waals surface area contributed by atoms with Crippen LogP contribution in [-0.2, 0) is 0 Å². The van der Waals surface area contributed by atoms with Gasteiger partial charge in [-0.3, -0.25) is 0 Å². The van der Waals surface area contributed by atoms with Crippen LogP contribution in [0.3, 0.4) is 0 Å². The second-order valence-corrected chi connectivity index (χ2v) is 11.9. The first kappa shape index (κ1) is 25.8. The maximum Gasteiger partial charge on any atom is 0.285 e. The Labute approximate surface area is 249 Å². The van der Waals surface area contributed by atoms with Crippen molar-refractivity contribution in [3.05, 3.63) is 108 Å². The van der Waals surface area contributed by atoms with Crippen LogP contribution in [0.4, 0.5) is 0 Å². The van der Waals surface area contributed by atoms with Gasteiger partial charge in [-0.05, 0) is 35.0 Å². The van der Waals surface area contributed by atoms with E-state index in [1.165, 1.54) is 51.2 Å². The molecule has 2 heterocycles. The minimum Gasteiger partial charge on any atom is -1.00 e. The minimum atomic E-state index is 0. The third kappa shape index (κ3) is 5.42. The third-order valence-electron chi connectivity index (χ3n) is 5.38. The second kappa shape index (κ2) is 11.6. The van der Waals surface area contributed by atoms with Gasteiger partial charge < -0.3 is 48.0 Å². The molecule has 0 amide bonds. The predicted molar refractivity (Wildman–Crippen MR) is 146 cm³/mol. The van der Waals surface area contributed by atoms with E-state index in [1.807, 2.05) is 45.3 Å². The molecule has 0 unspecified atom stereocenters. The highest BCUT2D eigenvalue weighted by Crippen LogP contribution is 2.41. The lowest BCUT2D eigenvalue weighted by Gasteiger charge is -2.00. The maximum atomic E-state index is 2.32. The number of hydrogen-bond donors (Lipinski definition) is 0. The molecule has 0 radical (unpaired) electrons. The van der Waals surface area contributed by atoms with Crippen molar-refractivity contribution >= 4 is 56.1 Å². The van der Waals surface area contributed by atoms with Gasteiger partial charge in [0.2, 0.25) is 0 Å². The van der Waals surface area contributed by atoms with Gasteiger partial charge in [0.25, 0.3) is 8.38 Å². The van der Waals surface area contributed by atoms with E-state index in [0.717, 1.165) is 0 Å². The summed E-state index contributed by atoms with van der Waals surface area (Å²) in [7, 11) is 0. The molecular formula is C28H18I2S4. The average Bonchev–Trinajstić information content (AvgIpc) is 3.55. The van der Waals surface area contributed by atoms with E-state index in [4.69, 9.17) is 0 Å². The van der Waals surface area contributed by atoms with Gasteiger partial charge in [-0.25, -0.2) is 0 Å². The highest BCUT2D eigenvalue weighted by molar-refractivity contribution is 7.37. The summed E-state index contributed by atoms with van der Waals surface area (Å²) >= 11 is 7.40. The van der Waals surface area contributed by atoms with E-state index in [1.54, 1.807) is 0 Å². The van der Waals surface area contributed by atoms with Crippen LogP contribution in [0.1, 0.15) is 0 Å². The van der Waals surface area contributed by atoms with Gasteiger partial charge in [0.1, 0.15) is 10.8 Å². The topological polar surface area (TPSA) is 0 Å². The molecule has 0 bridgehead atoms. The Kier molecular flexibility index (Phi) is 8.81. The number of benzene rings is 4. The maximum absolute atomic E-state index is 2.32. The summed E-state index contributed by atoms with van der Waals surface area (Å²) in [5, 5.41) is 7.12. The smallest absolute Gasteiger partial charge is 0.285 e. The molecule has 168 valence electrons. The molecule has 6 heteroatoms. The normalized spacial score (nSPS) is 10.5. The molecule has 0 fully saturated rings. The van der Waals surface area contributed by atoms with E-state index >= 15 is 0 Å². The fourth-order valence-corrected chi connectivity index (χ4v) is 8.23. The molecule has 0 atom stereocenters. The highest BCUT2D eigenvalue weighted by Gasteiger charge is 2.20. The van der Waals surface area contributed by atoms with E-state index in [0.29, 0.717) is 0 Å². The molecule has 0 nitrogen and oxygen atoms in total. The zero-order valence-corrected chi connectivity index (χ0v) is 25.4. The van der Waals surface area contributed by atoms with Crippen LogP contribution in [0.2, 0.25) is 0 Å². The van der Waals surface area contributed by atoms with Crippen molar-refractivity contribution in [2.24, 2.45) is 0 Å². The van der Waals surface area contributed by atoms with Gasteiger partial charge in [-0.2, -0.15) is 0 Å². The third-order valence-corrected chi connectivity index (χ3v) is 10.4. The van der Waals surface area contributed by atoms with Gasteiger partial charge in [-0.1, -0.05) is 72.8 Å². The van der Waals surface area contributed by atoms with Crippen LogP contribution >= 0.6 is 45.3 Å². The Morgan fingerprint density at radius 1 is 0.441 bits per heavy atom. The summed E-state index contributed by atoms with van der Waals surface area (Å²) in [5.41, 5.74) is 5.18. The van der Waals surface area contributed by atoms with Crippen molar-refractivity contribution in [1.82, 2.24) is 0 Å². The molecule has 6 rings (SSSR count). The first-order chi connectivity index (χ1) is 15.8. The summed E-state index contributed by atoms with van der Waals surface area (Å²) in [6.45, 7) is 0. The van der Waals surface area contributed by atoms with Gasteiger partial charge in [-0.15, -0.1) is 0 Å². The molecule has 0 aliphatic carbocycles. The Balaban J connectivity index is 0.00000137. The summed E-state index contributed by atoms with van der Waals surface area (Å²) in [5.74, 6) is 0. The largest absolute Gasteiger partial charge is 1.00 e. The molecule has 2 aromatic heterocycles. The van der Waals surface area contributed by atoms with Crippen molar-refractivity contribution < 1.29 is 48.0 Å². The molecule has 34 heavy (non-hydrogen) atoms. The zero-order chi connectivity index (χ0) is 21.3. The van der Waals surface area contributed by atoms with Crippen molar-refractivity contribution in [2.75, 3.05) is 0 Å². The van der Waals surface area contributed by atoms with Crippen molar-refractivity contribution in [1.29, 1.82) is 0 Å². The molecule has 4 aromatic carbocycles. The molecule has 0 N–H and O–H groups in total. The summed E-state index contributed by atoms with van der Waals surface area (Å²) < 4.78 is 2.70. The highest BCUT2D eigenvalue weighted by atomic mass is 127. The lowest BCUT2D eigenvalue weighted by molar-refractivity contribution is -0.00100. The lowest BCUT2D eigenvalue weighted by atomic mass is 10.1. The molecule has 0 saturated heterocycles. The van der Waals surface area contributed by atoms with Crippen LogP contribution in [0.15, 0.2) is 108 Å². The molecule has 6 aromatic rings.